The first-order chi connectivity index (χ1) is 13.2. The van der Waals surface area contributed by atoms with Gasteiger partial charge in [-0.05, 0) is 31.2 Å². The summed E-state index contributed by atoms with van der Waals surface area (Å²) in [5, 5.41) is 11.5. The average Bonchev–Trinajstić information content (AvgIpc) is 2.74. The number of aromatic nitrogens is 3. The van der Waals surface area contributed by atoms with Crippen LogP contribution in [0.5, 0.6) is 0 Å². The van der Waals surface area contributed by atoms with E-state index in [0.717, 1.165) is 23.6 Å². The van der Waals surface area contributed by atoms with E-state index in [2.05, 4.69) is 20.3 Å². The van der Waals surface area contributed by atoms with Crippen LogP contribution < -0.4 is 10.2 Å². The first kappa shape index (κ1) is 18.5. The van der Waals surface area contributed by atoms with E-state index in [1.165, 1.54) is 0 Å². The number of nitrogens with zero attached hydrogens (tertiary/aromatic N) is 4. The number of benzene rings is 1. The maximum atomic E-state index is 12.1. The lowest BCUT2D eigenvalue weighted by Gasteiger charge is -2.21. The molecule has 0 aliphatic carbocycles. The number of aliphatic hydroxyl groups excluding tert-OH is 1. The van der Waals surface area contributed by atoms with E-state index in [4.69, 9.17) is 5.11 Å². The second-order valence-electron chi connectivity index (χ2n) is 5.77. The third kappa shape index (κ3) is 4.45. The highest BCUT2D eigenvalue weighted by Gasteiger charge is 2.11. The van der Waals surface area contributed by atoms with Gasteiger partial charge in [0.05, 0.1) is 24.7 Å². The summed E-state index contributed by atoms with van der Waals surface area (Å²) in [5.74, 6) is 0.509. The average molecular weight is 363 g/mol. The van der Waals surface area contributed by atoms with E-state index < -0.39 is 0 Å². The molecule has 1 amide bonds. The molecule has 0 atom stereocenters. The number of carbonyl (C=O) groups excluding carboxylic acids is 1. The highest BCUT2D eigenvalue weighted by Crippen LogP contribution is 2.24. The molecule has 0 saturated heterocycles. The first-order valence-corrected chi connectivity index (χ1v) is 8.72. The van der Waals surface area contributed by atoms with Crippen LogP contribution in [0, 0.1) is 0 Å². The lowest BCUT2D eigenvalue weighted by atomic mass is 10.1. The van der Waals surface area contributed by atoms with Gasteiger partial charge >= 0.3 is 0 Å². The molecule has 2 aromatic heterocycles. The monoisotopic (exact) mass is 363 g/mol. The zero-order valence-corrected chi connectivity index (χ0v) is 15.0. The standard InChI is InChI=1S/C20H21N5O2/c1-2-25(17-6-8-21-9-7-17)19-14-23-18(13-24-19)15-4-3-5-16(12-15)20(27)22-10-11-26/h3-9,12-14,26H,2,10-11H2,1H3,(H,22,27). The van der Waals surface area contributed by atoms with E-state index >= 15 is 0 Å². The molecule has 27 heavy (non-hydrogen) atoms. The summed E-state index contributed by atoms with van der Waals surface area (Å²) in [6, 6.07) is 11.0. The molecule has 0 radical (unpaired) electrons. The van der Waals surface area contributed by atoms with Crippen LogP contribution in [0.4, 0.5) is 11.5 Å². The number of hydrogen-bond acceptors (Lipinski definition) is 6. The van der Waals surface area contributed by atoms with Crippen LogP contribution in [0.25, 0.3) is 11.3 Å². The van der Waals surface area contributed by atoms with Gasteiger partial charge in [0.15, 0.2) is 5.82 Å². The third-order valence-corrected chi connectivity index (χ3v) is 4.02. The van der Waals surface area contributed by atoms with Gasteiger partial charge in [0.2, 0.25) is 0 Å². The Hall–Kier alpha value is -3.32. The van der Waals surface area contributed by atoms with Crippen molar-refractivity contribution in [2.75, 3.05) is 24.6 Å². The van der Waals surface area contributed by atoms with Crippen molar-refractivity contribution in [3.63, 3.8) is 0 Å². The fraction of sp³-hybridized carbons (Fsp3) is 0.200. The van der Waals surface area contributed by atoms with Gasteiger partial charge in [0, 0.05) is 42.3 Å². The van der Waals surface area contributed by atoms with Crippen LogP contribution >= 0.6 is 0 Å². The number of nitrogens with one attached hydrogen (secondary N) is 1. The van der Waals surface area contributed by atoms with E-state index in [-0.39, 0.29) is 19.1 Å². The van der Waals surface area contributed by atoms with Gasteiger partial charge in [0.25, 0.3) is 5.91 Å². The van der Waals surface area contributed by atoms with Crippen molar-refractivity contribution in [1.82, 2.24) is 20.3 Å². The zero-order valence-electron chi connectivity index (χ0n) is 15.0. The minimum atomic E-state index is -0.231. The van der Waals surface area contributed by atoms with E-state index in [1.807, 2.05) is 30.0 Å². The lowest BCUT2D eigenvalue weighted by Crippen LogP contribution is -2.26. The number of pyridine rings is 1. The van der Waals surface area contributed by atoms with E-state index in [0.29, 0.717) is 11.3 Å². The first-order valence-electron chi connectivity index (χ1n) is 8.72. The van der Waals surface area contributed by atoms with Crippen LogP contribution in [-0.2, 0) is 0 Å². The van der Waals surface area contributed by atoms with Crippen LogP contribution in [0.1, 0.15) is 17.3 Å². The van der Waals surface area contributed by atoms with E-state index in [9.17, 15) is 4.79 Å². The van der Waals surface area contributed by atoms with Gasteiger partial charge < -0.3 is 15.3 Å². The molecular formula is C20H21N5O2. The fourth-order valence-corrected chi connectivity index (χ4v) is 2.70. The number of hydrogen-bond donors (Lipinski definition) is 2. The highest BCUT2D eigenvalue weighted by molar-refractivity contribution is 5.95. The van der Waals surface area contributed by atoms with Crippen molar-refractivity contribution in [1.29, 1.82) is 0 Å². The van der Waals surface area contributed by atoms with Crippen molar-refractivity contribution in [3.05, 3.63) is 66.7 Å². The Kier molecular flexibility index (Phi) is 6.06. The minimum absolute atomic E-state index is 0.0935. The molecule has 2 heterocycles. The molecule has 3 rings (SSSR count). The zero-order chi connectivity index (χ0) is 19.1. The summed E-state index contributed by atoms with van der Waals surface area (Å²) < 4.78 is 0. The smallest absolute Gasteiger partial charge is 0.251 e. The van der Waals surface area contributed by atoms with Crippen molar-refractivity contribution in [3.8, 4) is 11.3 Å². The van der Waals surface area contributed by atoms with Crippen molar-refractivity contribution in [2.45, 2.75) is 6.92 Å². The van der Waals surface area contributed by atoms with Crippen molar-refractivity contribution < 1.29 is 9.90 Å². The molecule has 0 fully saturated rings. The van der Waals surface area contributed by atoms with Crippen molar-refractivity contribution in [2.24, 2.45) is 0 Å². The molecule has 2 N–H and O–H groups in total. The fourth-order valence-electron chi connectivity index (χ4n) is 2.70. The van der Waals surface area contributed by atoms with Crippen LogP contribution in [0.3, 0.4) is 0 Å². The minimum Gasteiger partial charge on any atom is -0.395 e. The molecule has 0 saturated carbocycles. The molecule has 7 heteroatoms. The Morgan fingerprint density at radius 1 is 1.15 bits per heavy atom. The summed E-state index contributed by atoms with van der Waals surface area (Å²) in [5.41, 5.74) is 3.00. The molecule has 0 bridgehead atoms. The molecule has 7 nitrogen and oxygen atoms in total. The van der Waals surface area contributed by atoms with Gasteiger partial charge in [-0.3, -0.25) is 14.8 Å². The van der Waals surface area contributed by atoms with Gasteiger partial charge in [0.1, 0.15) is 0 Å². The normalized spacial score (nSPS) is 10.4. The van der Waals surface area contributed by atoms with Crippen LogP contribution in [0.2, 0.25) is 0 Å². The number of anilines is 2. The van der Waals surface area contributed by atoms with Crippen LogP contribution in [0.15, 0.2) is 61.2 Å². The summed E-state index contributed by atoms with van der Waals surface area (Å²) in [6.07, 6.45) is 6.90. The Morgan fingerprint density at radius 2 is 1.96 bits per heavy atom. The van der Waals surface area contributed by atoms with Gasteiger partial charge in [-0.15, -0.1) is 0 Å². The topological polar surface area (TPSA) is 91.2 Å². The number of aliphatic hydroxyl groups is 1. The SMILES string of the molecule is CCN(c1ccncc1)c1cnc(-c2cccc(C(=O)NCCO)c2)cn1. The highest BCUT2D eigenvalue weighted by atomic mass is 16.3. The Labute approximate surface area is 157 Å². The van der Waals surface area contributed by atoms with Gasteiger partial charge in [-0.1, -0.05) is 12.1 Å². The summed E-state index contributed by atoms with van der Waals surface area (Å²) >= 11 is 0. The molecule has 3 aromatic rings. The molecule has 1 aromatic carbocycles. The molecule has 0 aliphatic rings. The van der Waals surface area contributed by atoms with Gasteiger partial charge in [-0.2, -0.15) is 0 Å². The predicted molar refractivity (Wildman–Crippen MR) is 104 cm³/mol. The second-order valence-corrected chi connectivity index (χ2v) is 5.77. The molecule has 0 aliphatic heterocycles. The Balaban J connectivity index is 1.82. The molecule has 0 spiro atoms. The summed E-state index contributed by atoms with van der Waals surface area (Å²) in [7, 11) is 0. The van der Waals surface area contributed by atoms with Crippen molar-refractivity contribution >= 4 is 17.4 Å². The molecule has 0 unspecified atom stereocenters. The molecule has 138 valence electrons. The number of amides is 1. The second kappa shape index (κ2) is 8.86. The lowest BCUT2D eigenvalue weighted by molar-refractivity contribution is 0.0945. The quantitative estimate of drug-likeness (QED) is 0.670. The largest absolute Gasteiger partial charge is 0.395 e. The Morgan fingerprint density at radius 3 is 2.63 bits per heavy atom. The molecular weight excluding hydrogens is 342 g/mol. The van der Waals surface area contributed by atoms with Crippen LogP contribution in [-0.4, -0.2) is 45.7 Å². The number of carbonyl (C=O) groups is 1. The maximum Gasteiger partial charge on any atom is 0.251 e. The third-order valence-electron chi connectivity index (χ3n) is 4.02. The predicted octanol–water partition coefficient (Wildman–Crippen LogP) is 2.42. The van der Waals surface area contributed by atoms with Gasteiger partial charge in [-0.25, -0.2) is 4.98 Å². The maximum absolute atomic E-state index is 12.1. The van der Waals surface area contributed by atoms with E-state index in [1.54, 1.807) is 43.0 Å². The number of rotatable bonds is 7. The summed E-state index contributed by atoms with van der Waals surface area (Å²) in [6.45, 7) is 2.92. The Bertz CT molecular complexity index is 884. The summed E-state index contributed by atoms with van der Waals surface area (Å²) in [4.78, 5) is 27.2.